The van der Waals surface area contributed by atoms with Gasteiger partial charge in [-0.25, -0.2) is 0 Å². The number of pyridine rings is 2. The molecule has 146 valence electrons. The maximum atomic E-state index is 6.15. The quantitative estimate of drug-likeness (QED) is 0.358. The minimum absolute atomic E-state index is 0.496. The summed E-state index contributed by atoms with van der Waals surface area (Å²) in [5, 5.41) is 4.33. The first kappa shape index (κ1) is 19.9. The van der Waals surface area contributed by atoms with E-state index in [9.17, 15) is 0 Å². The number of fused-ring (bicyclic) bond motifs is 1. The number of aryl methyl sites for hydroxylation is 2. The van der Waals surface area contributed by atoms with Gasteiger partial charge >= 0.3 is 0 Å². The molecule has 3 nitrogen and oxygen atoms in total. The Bertz CT molecular complexity index is 1190. The molecule has 0 fully saturated rings. The highest BCUT2D eigenvalue weighted by atomic mass is 35.5. The zero-order valence-corrected chi connectivity index (χ0v) is 18.2. The first-order valence-electron chi connectivity index (χ1n) is 9.28. The molecule has 0 saturated heterocycles. The molecule has 4 rings (SSSR count). The van der Waals surface area contributed by atoms with Crippen LogP contribution in [0.2, 0.25) is 10.0 Å². The van der Waals surface area contributed by atoms with E-state index in [1.807, 2.05) is 30.6 Å². The number of benzene rings is 1. The molecule has 3 aromatic heterocycles. The van der Waals surface area contributed by atoms with Crippen molar-refractivity contribution in [3.8, 4) is 0 Å². The predicted molar refractivity (Wildman–Crippen MR) is 126 cm³/mol. The first-order chi connectivity index (χ1) is 14.0. The van der Waals surface area contributed by atoms with Crippen molar-refractivity contribution in [3.05, 3.63) is 99.6 Å². The number of nitrogens with zero attached hydrogens (tertiary/aromatic N) is 2. The van der Waals surface area contributed by atoms with Crippen molar-refractivity contribution in [2.24, 2.45) is 0 Å². The molecule has 0 saturated carbocycles. The molecule has 1 aromatic carbocycles. The van der Waals surface area contributed by atoms with Gasteiger partial charge in [0.2, 0.25) is 0 Å². The second-order valence-electron chi connectivity index (χ2n) is 6.84. The van der Waals surface area contributed by atoms with Gasteiger partial charge in [0.25, 0.3) is 0 Å². The molecule has 0 amide bonds. The van der Waals surface area contributed by atoms with Crippen LogP contribution in [0, 0.1) is 6.92 Å². The fourth-order valence-corrected chi connectivity index (χ4v) is 4.25. The van der Waals surface area contributed by atoms with Gasteiger partial charge in [-0.2, -0.15) is 0 Å². The highest BCUT2D eigenvalue weighted by molar-refractivity contribution is 7.81. The van der Waals surface area contributed by atoms with Crippen molar-refractivity contribution in [1.82, 2.24) is 9.38 Å². The summed E-state index contributed by atoms with van der Waals surface area (Å²) >= 11 is 18.0. The van der Waals surface area contributed by atoms with E-state index in [4.69, 9.17) is 35.4 Å². The van der Waals surface area contributed by atoms with Gasteiger partial charge in [-0.05, 0) is 73.4 Å². The van der Waals surface area contributed by atoms with Gasteiger partial charge in [0, 0.05) is 35.5 Å². The third-order valence-corrected chi connectivity index (χ3v) is 6.06. The monoisotopic (exact) mass is 439 g/mol. The number of aromatic nitrogens is 2. The summed E-state index contributed by atoms with van der Waals surface area (Å²) in [4.78, 5) is 4.76. The van der Waals surface area contributed by atoms with E-state index in [2.05, 4.69) is 46.0 Å². The number of thiocarbonyl (C=S) groups is 1. The van der Waals surface area contributed by atoms with Crippen LogP contribution in [0.4, 0.5) is 5.69 Å². The Morgan fingerprint density at radius 2 is 1.83 bits per heavy atom. The summed E-state index contributed by atoms with van der Waals surface area (Å²) in [6.45, 7) is 2.13. The summed E-state index contributed by atoms with van der Waals surface area (Å²) in [5.41, 5.74) is 6.65. The van der Waals surface area contributed by atoms with Crippen LogP contribution in [0.3, 0.4) is 0 Å². The van der Waals surface area contributed by atoms with E-state index in [0.717, 1.165) is 29.6 Å². The Morgan fingerprint density at radius 1 is 1.03 bits per heavy atom. The van der Waals surface area contributed by atoms with Crippen LogP contribution in [0.5, 0.6) is 0 Å². The zero-order valence-electron chi connectivity index (χ0n) is 15.8. The van der Waals surface area contributed by atoms with Gasteiger partial charge in [-0.1, -0.05) is 41.5 Å². The van der Waals surface area contributed by atoms with E-state index in [-0.39, 0.29) is 0 Å². The fraction of sp³-hybridized carbons (Fsp3) is 0.130. The average molecular weight is 440 g/mol. The third kappa shape index (κ3) is 4.15. The summed E-state index contributed by atoms with van der Waals surface area (Å²) in [5.74, 6) is 0. The van der Waals surface area contributed by atoms with E-state index in [1.54, 1.807) is 12.1 Å². The molecule has 0 aliphatic carbocycles. The minimum atomic E-state index is 0.496. The molecule has 0 spiro atoms. The van der Waals surface area contributed by atoms with Crippen molar-refractivity contribution in [2.75, 3.05) is 5.32 Å². The van der Waals surface area contributed by atoms with Crippen LogP contribution in [0.25, 0.3) is 5.52 Å². The highest BCUT2D eigenvalue weighted by Gasteiger charge is 2.18. The van der Waals surface area contributed by atoms with Crippen molar-refractivity contribution in [1.29, 1.82) is 0 Å². The van der Waals surface area contributed by atoms with Gasteiger partial charge in [0.05, 0.1) is 15.6 Å². The van der Waals surface area contributed by atoms with Crippen molar-refractivity contribution >= 4 is 51.6 Å². The second-order valence-corrected chi connectivity index (χ2v) is 8.06. The molecule has 6 heteroatoms. The maximum absolute atomic E-state index is 6.15. The fourth-order valence-electron chi connectivity index (χ4n) is 3.57. The van der Waals surface area contributed by atoms with Gasteiger partial charge < -0.3 is 9.72 Å². The Kier molecular flexibility index (Phi) is 5.86. The van der Waals surface area contributed by atoms with Crippen molar-refractivity contribution in [2.45, 2.75) is 19.8 Å². The third-order valence-electron chi connectivity index (χ3n) is 5.02. The minimum Gasteiger partial charge on any atom is -0.346 e. The molecular formula is C23H19Cl2N3S. The lowest BCUT2D eigenvalue weighted by Crippen LogP contribution is -2.11. The van der Waals surface area contributed by atoms with E-state index in [0.29, 0.717) is 15.0 Å². The lowest BCUT2D eigenvalue weighted by Gasteiger charge is -2.10. The van der Waals surface area contributed by atoms with Gasteiger partial charge in [0.15, 0.2) is 0 Å². The van der Waals surface area contributed by atoms with Crippen molar-refractivity contribution < 1.29 is 0 Å². The van der Waals surface area contributed by atoms with Gasteiger partial charge in [0.1, 0.15) is 4.99 Å². The zero-order chi connectivity index (χ0) is 20.4. The molecule has 0 unspecified atom stereocenters. The number of rotatable bonds is 5. The molecule has 3 heterocycles. The van der Waals surface area contributed by atoms with Crippen LogP contribution < -0.4 is 5.32 Å². The summed E-state index contributed by atoms with van der Waals surface area (Å²) in [6.07, 6.45) is 7.61. The lowest BCUT2D eigenvalue weighted by molar-refractivity contribution is 0.884. The standard InChI is InChI=1S/C23H19Cl2N3S/c1-15-20(8-5-16-9-11-26-12-10-16)28-13-3-2-4-21(28)22(15)23(29)27-17-6-7-18(24)19(25)14-17/h2-4,6-7,9-14H,5,8H2,1H3,(H,27,29). The molecule has 0 atom stereocenters. The SMILES string of the molecule is Cc1c(C(=S)Nc2ccc(Cl)c(Cl)c2)c2ccccn2c1CCc1ccncc1. The smallest absolute Gasteiger partial charge is 0.113 e. The molecule has 0 aliphatic heterocycles. The van der Waals surface area contributed by atoms with Crippen molar-refractivity contribution in [3.63, 3.8) is 0 Å². The molecular weight excluding hydrogens is 421 g/mol. The van der Waals surface area contributed by atoms with E-state index >= 15 is 0 Å². The highest BCUT2D eigenvalue weighted by Crippen LogP contribution is 2.28. The molecule has 0 bridgehead atoms. The van der Waals surface area contributed by atoms with Crippen LogP contribution in [-0.2, 0) is 12.8 Å². The summed E-state index contributed by atoms with van der Waals surface area (Å²) in [7, 11) is 0. The molecule has 4 aromatic rings. The molecule has 0 radical (unpaired) electrons. The van der Waals surface area contributed by atoms with Crippen LogP contribution in [0.15, 0.2) is 67.1 Å². The normalized spacial score (nSPS) is 11.0. The Balaban J connectivity index is 1.67. The van der Waals surface area contributed by atoms with E-state index in [1.165, 1.54) is 16.8 Å². The Hall–Kier alpha value is -2.40. The number of hydrogen-bond acceptors (Lipinski definition) is 2. The van der Waals surface area contributed by atoms with Gasteiger partial charge in [-0.3, -0.25) is 4.98 Å². The average Bonchev–Trinajstić information content (AvgIpc) is 3.01. The Morgan fingerprint density at radius 3 is 2.59 bits per heavy atom. The number of hydrogen-bond donors (Lipinski definition) is 1. The van der Waals surface area contributed by atoms with Crippen LogP contribution in [0.1, 0.15) is 22.4 Å². The van der Waals surface area contributed by atoms with Crippen LogP contribution >= 0.6 is 35.4 Å². The molecule has 1 N–H and O–H groups in total. The number of anilines is 1. The van der Waals surface area contributed by atoms with Gasteiger partial charge in [-0.15, -0.1) is 0 Å². The number of nitrogens with one attached hydrogen (secondary N) is 1. The predicted octanol–water partition coefficient (Wildman–Crippen LogP) is 6.52. The Labute approximate surface area is 185 Å². The summed E-state index contributed by atoms with van der Waals surface area (Å²) in [6, 6.07) is 15.7. The first-order valence-corrected chi connectivity index (χ1v) is 10.4. The maximum Gasteiger partial charge on any atom is 0.113 e. The molecule has 29 heavy (non-hydrogen) atoms. The molecule has 0 aliphatic rings. The number of halogens is 2. The summed E-state index contributed by atoms with van der Waals surface area (Å²) < 4.78 is 2.23. The van der Waals surface area contributed by atoms with Crippen LogP contribution in [-0.4, -0.2) is 14.4 Å². The van der Waals surface area contributed by atoms with E-state index < -0.39 is 0 Å². The largest absolute Gasteiger partial charge is 0.346 e. The second kappa shape index (κ2) is 8.54. The lowest BCUT2D eigenvalue weighted by atomic mass is 10.0. The topological polar surface area (TPSA) is 29.3 Å².